The number of aromatic nitrogens is 4. The molecule has 0 radical (unpaired) electrons. The Morgan fingerprint density at radius 3 is 2.57 bits per heavy atom. The third-order valence-electron chi connectivity index (χ3n) is 3.42. The smallest absolute Gasteiger partial charge is 0.243 e. The molecule has 0 unspecified atom stereocenters. The van der Waals surface area contributed by atoms with Crippen molar-refractivity contribution in [1.82, 2.24) is 25.5 Å². The molecule has 23 heavy (non-hydrogen) atoms. The molecule has 0 fully saturated rings. The van der Waals surface area contributed by atoms with Crippen molar-refractivity contribution in [3.8, 4) is 11.4 Å². The molecule has 2 rings (SSSR count). The molecule has 1 amide bonds. The third kappa shape index (κ3) is 5.43. The number of hydrogen-bond donors (Lipinski definition) is 1. The summed E-state index contributed by atoms with van der Waals surface area (Å²) in [4.78, 5) is 13.2. The van der Waals surface area contributed by atoms with Gasteiger partial charge < -0.3 is 5.32 Å². The largest absolute Gasteiger partial charge is 0.352 e. The van der Waals surface area contributed by atoms with E-state index in [1.54, 1.807) is 12.1 Å². The zero-order valence-corrected chi connectivity index (χ0v) is 13.7. The molecule has 1 N–H and O–H groups in total. The van der Waals surface area contributed by atoms with Crippen molar-refractivity contribution in [1.29, 1.82) is 0 Å². The number of hydrogen-bond acceptors (Lipinski definition) is 4. The van der Waals surface area contributed by atoms with E-state index in [1.165, 1.54) is 16.9 Å². The minimum Gasteiger partial charge on any atom is -0.352 e. The van der Waals surface area contributed by atoms with E-state index in [-0.39, 0.29) is 24.3 Å². The van der Waals surface area contributed by atoms with Crippen molar-refractivity contribution in [2.24, 2.45) is 5.92 Å². The van der Waals surface area contributed by atoms with Crippen molar-refractivity contribution >= 4 is 5.91 Å². The first-order valence-corrected chi connectivity index (χ1v) is 7.77. The predicted octanol–water partition coefficient (Wildman–Crippen LogP) is 2.42. The summed E-state index contributed by atoms with van der Waals surface area (Å²) in [5, 5.41) is 14.8. The summed E-state index contributed by atoms with van der Waals surface area (Å²) >= 11 is 0. The molecule has 0 saturated carbocycles. The van der Waals surface area contributed by atoms with Gasteiger partial charge in [0.05, 0.1) is 0 Å². The van der Waals surface area contributed by atoms with Crippen LogP contribution in [0, 0.1) is 11.7 Å². The molecule has 6 nitrogen and oxygen atoms in total. The summed E-state index contributed by atoms with van der Waals surface area (Å²) in [5.74, 6) is 0.510. The summed E-state index contributed by atoms with van der Waals surface area (Å²) in [6.45, 7) is 6.31. The van der Waals surface area contributed by atoms with Crippen molar-refractivity contribution in [3.63, 3.8) is 0 Å². The van der Waals surface area contributed by atoms with Gasteiger partial charge in [-0.05, 0) is 55.2 Å². The highest BCUT2D eigenvalue weighted by Gasteiger charge is 2.12. The molecule has 1 aromatic heterocycles. The maximum absolute atomic E-state index is 12.9. The Bertz CT molecular complexity index is 638. The van der Waals surface area contributed by atoms with E-state index in [2.05, 4.69) is 34.6 Å². The molecular weight excluding hydrogens is 297 g/mol. The van der Waals surface area contributed by atoms with Crippen LogP contribution in [-0.2, 0) is 11.3 Å². The lowest BCUT2D eigenvalue weighted by Gasteiger charge is -2.14. The second-order valence-electron chi connectivity index (χ2n) is 6.09. The van der Waals surface area contributed by atoms with Gasteiger partial charge in [0.1, 0.15) is 12.4 Å². The first-order valence-electron chi connectivity index (χ1n) is 7.77. The first kappa shape index (κ1) is 17.1. The van der Waals surface area contributed by atoms with E-state index in [0.29, 0.717) is 17.3 Å². The molecule has 0 aliphatic heterocycles. The minimum absolute atomic E-state index is 0.0141. The van der Waals surface area contributed by atoms with Crippen LogP contribution in [0.3, 0.4) is 0 Å². The molecule has 7 heteroatoms. The van der Waals surface area contributed by atoms with Gasteiger partial charge in [-0.15, -0.1) is 10.2 Å². The fourth-order valence-corrected chi connectivity index (χ4v) is 2.13. The highest BCUT2D eigenvalue weighted by Crippen LogP contribution is 2.13. The number of benzene rings is 1. The maximum Gasteiger partial charge on any atom is 0.243 e. The number of carbonyl (C=O) groups excluding carboxylic acids is 1. The topological polar surface area (TPSA) is 72.7 Å². The molecule has 0 bridgehead atoms. The van der Waals surface area contributed by atoms with Crippen LogP contribution in [0.1, 0.15) is 33.6 Å². The molecule has 0 spiro atoms. The van der Waals surface area contributed by atoms with Crippen LogP contribution in [-0.4, -0.2) is 32.2 Å². The van der Waals surface area contributed by atoms with Gasteiger partial charge in [0, 0.05) is 11.6 Å². The highest BCUT2D eigenvalue weighted by atomic mass is 19.1. The second-order valence-corrected chi connectivity index (χ2v) is 6.09. The lowest BCUT2D eigenvalue weighted by atomic mass is 10.0. The second kappa shape index (κ2) is 7.80. The number of carbonyl (C=O) groups is 1. The van der Waals surface area contributed by atoms with Crippen molar-refractivity contribution in [2.75, 3.05) is 0 Å². The van der Waals surface area contributed by atoms with Crippen molar-refractivity contribution in [2.45, 2.75) is 46.2 Å². The van der Waals surface area contributed by atoms with E-state index in [0.717, 1.165) is 12.8 Å². The van der Waals surface area contributed by atoms with Gasteiger partial charge in [0.25, 0.3) is 0 Å². The predicted molar refractivity (Wildman–Crippen MR) is 84.9 cm³/mol. The van der Waals surface area contributed by atoms with Gasteiger partial charge in [0.2, 0.25) is 11.7 Å². The number of amides is 1. The fraction of sp³-hybridized carbons (Fsp3) is 0.500. The van der Waals surface area contributed by atoms with Crippen LogP contribution < -0.4 is 5.32 Å². The van der Waals surface area contributed by atoms with Crippen LogP contribution in [0.4, 0.5) is 4.39 Å². The Morgan fingerprint density at radius 2 is 1.91 bits per heavy atom. The summed E-state index contributed by atoms with van der Waals surface area (Å²) in [6.07, 6.45) is 2.01. The van der Waals surface area contributed by atoms with Crippen molar-refractivity contribution < 1.29 is 9.18 Å². The number of nitrogens with one attached hydrogen (secondary N) is 1. The molecule has 1 aromatic carbocycles. The van der Waals surface area contributed by atoms with E-state index < -0.39 is 0 Å². The number of tetrazole rings is 1. The van der Waals surface area contributed by atoms with Crippen LogP contribution >= 0.6 is 0 Å². The van der Waals surface area contributed by atoms with Crippen LogP contribution in [0.25, 0.3) is 11.4 Å². The molecule has 0 aliphatic carbocycles. The third-order valence-corrected chi connectivity index (χ3v) is 3.42. The summed E-state index contributed by atoms with van der Waals surface area (Å²) < 4.78 is 12.9. The monoisotopic (exact) mass is 319 g/mol. The van der Waals surface area contributed by atoms with E-state index in [1.807, 2.05) is 6.92 Å². The summed E-state index contributed by atoms with van der Waals surface area (Å²) in [5.41, 5.74) is 0.656. The molecule has 1 atom stereocenters. The van der Waals surface area contributed by atoms with Crippen LogP contribution in [0.15, 0.2) is 24.3 Å². The Morgan fingerprint density at radius 1 is 1.22 bits per heavy atom. The van der Waals surface area contributed by atoms with Gasteiger partial charge in [-0.3, -0.25) is 4.79 Å². The van der Waals surface area contributed by atoms with Gasteiger partial charge in [-0.1, -0.05) is 13.8 Å². The normalized spacial score (nSPS) is 12.4. The van der Waals surface area contributed by atoms with Gasteiger partial charge in [0.15, 0.2) is 0 Å². The molecule has 124 valence electrons. The molecular formula is C16H22FN5O. The van der Waals surface area contributed by atoms with E-state index >= 15 is 0 Å². The fourth-order valence-electron chi connectivity index (χ4n) is 2.13. The quantitative estimate of drug-likeness (QED) is 0.850. The minimum atomic E-state index is -0.323. The summed E-state index contributed by atoms with van der Waals surface area (Å²) in [6, 6.07) is 5.93. The van der Waals surface area contributed by atoms with Gasteiger partial charge in [-0.2, -0.15) is 4.80 Å². The van der Waals surface area contributed by atoms with Crippen molar-refractivity contribution in [3.05, 3.63) is 30.1 Å². The standard InChI is InChI=1S/C16H22FN5O/c1-11(2)4-5-12(3)18-15(23)10-22-20-16(19-21-22)13-6-8-14(17)9-7-13/h6-9,11-12H,4-5,10H2,1-3H3,(H,18,23)/t12-/m1/s1. The number of halogens is 1. The Labute approximate surface area is 135 Å². The zero-order valence-electron chi connectivity index (χ0n) is 13.7. The summed E-state index contributed by atoms with van der Waals surface area (Å²) in [7, 11) is 0. The number of nitrogens with zero attached hydrogens (tertiary/aromatic N) is 4. The van der Waals surface area contributed by atoms with E-state index in [4.69, 9.17) is 0 Å². The Kier molecular flexibility index (Phi) is 5.78. The molecule has 0 aliphatic rings. The SMILES string of the molecule is CC(C)CC[C@@H](C)NC(=O)Cn1nnc(-c2ccc(F)cc2)n1. The Balaban J connectivity index is 1.88. The lowest BCUT2D eigenvalue weighted by Crippen LogP contribution is -2.35. The lowest BCUT2D eigenvalue weighted by molar-refractivity contribution is -0.122. The van der Waals surface area contributed by atoms with Crippen LogP contribution in [0.5, 0.6) is 0 Å². The Hall–Kier alpha value is -2.31. The highest BCUT2D eigenvalue weighted by molar-refractivity contribution is 5.75. The average molecular weight is 319 g/mol. The van der Waals surface area contributed by atoms with Gasteiger partial charge in [-0.25, -0.2) is 4.39 Å². The maximum atomic E-state index is 12.9. The first-order chi connectivity index (χ1) is 10.9. The van der Waals surface area contributed by atoms with E-state index in [9.17, 15) is 9.18 Å². The molecule has 2 aromatic rings. The number of rotatable bonds is 7. The molecule has 0 saturated heterocycles. The van der Waals surface area contributed by atoms with Gasteiger partial charge >= 0.3 is 0 Å². The average Bonchev–Trinajstić information content (AvgIpc) is 2.94. The van der Waals surface area contributed by atoms with Crippen LogP contribution in [0.2, 0.25) is 0 Å². The zero-order chi connectivity index (χ0) is 16.8. The molecule has 1 heterocycles.